The van der Waals surface area contributed by atoms with E-state index in [4.69, 9.17) is 18.9 Å². The fraction of sp³-hybridized carbons (Fsp3) is 0.528. The molecule has 1 aliphatic carbocycles. The van der Waals surface area contributed by atoms with Gasteiger partial charge in [-0.25, -0.2) is 4.79 Å². The van der Waals surface area contributed by atoms with Crippen LogP contribution in [0.15, 0.2) is 47.3 Å². The van der Waals surface area contributed by atoms with Gasteiger partial charge in [-0.2, -0.15) is 0 Å². The maximum absolute atomic E-state index is 13.4. The second-order valence-corrected chi connectivity index (χ2v) is 13.1. The van der Waals surface area contributed by atoms with E-state index in [2.05, 4.69) is 0 Å². The van der Waals surface area contributed by atoms with Crippen LogP contribution in [0.1, 0.15) is 88.6 Å². The van der Waals surface area contributed by atoms with Crippen LogP contribution in [-0.4, -0.2) is 53.3 Å². The molecular formula is C36H46N2O7. The number of Topliss-reactive ketones (excluding diaryl/α,β-unsaturated/α-hetero) is 1. The number of carbonyl (C=O) groups excluding carboxylic acids is 2. The van der Waals surface area contributed by atoms with E-state index in [1.807, 2.05) is 56.9 Å². The zero-order chi connectivity index (χ0) is 32.1. The van der Waals surface area contributed by atoms with Crippen LogP contribution in [0, 0.1) is 5.92 Å². The number of aryl methyl sites for hydroxylation is 1. The monoisotopic (exact) mass is 618 g/mol. The van der Waals surface area contributed by atoms with Crippen molar-refractivity contribution < 1.29 is 28.5 Å². The summed E-state index contributed by atoms with van der Waals surface area (Å²) in [6, 6.07) is 12.8. The number of fused-ring (bicyclic) bond motifs is 2. The molecule has 2 heterocycles. The first kappa shape index (κ1) is 32.4. The Hall–Kier alpha value is -4.01. The number of aromatic nitrogens is 1. The normalized spacial score (nSPS) is 18.0. The SMILES string of the molecule is CCC(=O)c1cc(OC)cc2c1ccc(=O)n2CCCC1CCC(N(Cc2ccc3c(c2)OCCO3)C(=O)OC(C)(C)C)CC1. The lowest BCUT2D eigenvalue weighted by Gasteiger charge is -2.38. The molecule has 1 amide bonds. The molecule has 0 unspecified atom stereocenters. The van der Waals surface area contributed by atoms with E-state index in [9.17, 15) is 14.4 Å². The van der Waals surface area contributed by atoms with E-state index in [1.165, 1.54) is 0 Å². The predicted molar refractivity (Wildman–Crippen MR) is 174 cm³/mol. The van der Waals surface area contributed by atoms with Crippen LogP contribution in [0.3, 0.4) is 0 Å². The molecule has 242 valence electrons. The Bertz CT molecular complexity index is 1580. The molecule has 1 aromatic heterocycles. The lowest BCUT2D eigenvalue weighted by atomic mass is 9.82. The van der Waals surface area contributed by atoms with Gasteiger partial charge in [0.05, 0.1) is 12.6 Å². The van der Waals surface area contributed by atoms with Crippen molar-refractivity contribution in [2.45, 2.75) is 97.4 Å². The molecule has 0 saturated heterocycles. The lowest BCUT2D eigenvalue weighted by molar-refractivity contribution is 0.00771. The molecule has 5 rings (SSSR count). The number of hydrogen-bond donors (Lipinski definition) is 0. The summed E-state index contributed by atoms with van der Waals surface area (Å²) in [5.41, 5.74) is 1.63. The van der Waals surface area contributed by atoms with Gasteiger partial charge in [0.2, 0.25) is 0 Å². The summed E-state index contributed by atoms with van der Waals surface area (Å²) in [5.74, 6) is 2.55. The largest absolute Gasteiger partial charge is 0.497 e. The molecule has 0 bridgehead atoms. The first-order chi connectivity index (χ1) is 21.6. The maximum Gasteiger partial charge on any atom is 0.410 e. The maximum atomic E-state index is 13.4. The van der Waals surface area contributed by atoms with Crippen molar-refractivity contribution in [3.05, 3.63) is 63.9 Å². The quantitative estimate of drug-likeness (QED) is 0.223. The summed E-state index contributed by atoms with van der Waals surface area (Å²) in [6.07, 6.45) is 5.69. The van der Waals surface area contributed by atoms with Gasteiger partial charge in [0, 0.05) is 48.6 Å². The molecule has 0 radical (unpaired) electrons. The van der Waals surface area contributed by atoms with E-state index >= 15 is 0 Å². The van der Waals surface area contributed by atoms with E-state index in [-0.39, 0.29) is 23.5 Å². The van der Waals surface area contributed by atoms with Gasteiger partial charge in [-0.05, 0) is 95.0 Å². The molecule has 45 heavy (non-hydrogen) atoms. The average Bonchev–Trinajstić information content (AvgIpc) is 3.03. The molecule has 2 aromatic carbocycles. The van der Waals surface area contributed by atoms with Crippen LogP contribution in [0.25, 0.3) is 10.9 Å². The van der Waals surface area contributed by atoms with Crippen LogP contribution >= 0.6 is 0 Å². The Morgan fingerprint density at radius 3 is 2.40 bits per heavy atom. The van der Waals surface area contributed by atoms with E-state index in [1.54, 1.807) is 29.9 Å². The van der Waals surface area contributed by atoms with Crippen LogP contribution in [0.2, 0.25) is 0 Å². The van der Waals surface area contributed by atoms with Crippen LogP contribution in [0.4, 0.5) is 4.79 Å². The number of ketones is 1. The number of amides is 1. The second kappa shape index (κ2) is 14.0. The van der Waals surface area contributed by atoms with Gasteiger partial charge in [0.1, 0.15) is 24.6 Å². The van der Waals surface area contributed by atoms with Crippen LogP contribution < -0.4 is 19.8 Å². The Labute approximate surface area is 265 Å². The van der Waals surface area contributed by atoms with Gasteiger partial charge in [0.25, 0.3) is 5.56 Å². The Morgan fingerprint density at radius 1 is 0.978 bits per heavy atom. The Morgan fingerprint density at radius 2 is 1.71 bits per heavy atom. The molecule has 9 nitrogen and oxygen atoms in total. The summed E-state index contributed by atoms with van der Waals surface area (Å²) in [5, 5.41) is 0.781. The molecule has 1 saturated carbocycles. The number of ether oxygens (including phenoxy) is 4. The third-order valence-corrected chi connectivity index (χ3v) is 8.78. The summed E-state index contributed by atoms with van der Waals surface area (Å²) in [7, 11) is 1.57. The van der Waals surface area contributed by atoms with Gasteiger partial charge >= 0.3 is 6.09 Å². The number of hydrogen-bond acceptors (Lipinski definition) is 7. The fourth-order valence-corrected chi connectivity index (χ4v) is 6.47. The van der Waals surface area contributed by atoms with E-state index in [0.717, 1.165) is 60.7 Å². The number of methoxy groups -OCH3 is 1. The van der Waals surface area contributed by atoms with Gasteiger partial charge in [-0.3, -0.25) is 9.59 Å². The van der Waals surface area contributed by atoms with Crippen LogP contribution in [0.5, 0.6) is 17.2 Å². The van der Waals surface area contributed by atoms with Gasteiger partial charge < -0.3 is 28.4 Å². The van der Waals surface area contributed by atoms with Gasteiger partial charge in [-0.1, -0.05) is 13.0 Å². The summed E-state index contributed by atoms with van der Waals surface area (Å²) >= 11 is 0. The minimum Gasteiger partial charge on any atom is -0.497 e. The highest BCUT2D eigenvalue weighted by atomic mass is 16.6. The van der Waals surface area contributed by atoms with Crippen molar-refractivity contribution in [3.8, 4) is 17.2 Å². The topological polar surface area (TPSA) is 96.3 Å². The number of rotatable bonds is 10. The highest BCUT2D eigenvalue weighted by molar-refractivity contribution is 6.08. The average molecular weight is 619 g/mol. The molecule has 3 aromatic rings. The van der Waals surface area contributed by atoms with E-state index in [0.29, 0.717) is 55.7 Å². The smallest absolute Gasteiger partial charge is 0.410 e. The van der Waals surface area contributed by atoms with Crippen molar-refractivity contribution in [1.82, 2.24) is 9.47 Å². The third kappa shape index (κ3) is 7.81. The highest BCUT2D eigenvalue weighted by Crippen LogP contribution is 2.35. The van der Waals surface area contributed by atoms with Crippen LogP contribution in [-0.2, 0) is 17.8 Å². The Balaban J connectivity index is 1.24. The Kier molecular flexibility index (Phi) is 10.0. The van der Waals surface area contributed by atoms with Crippen molar-refractivity contribution in [3.63, 3.8) is 0 Å². The molecule has 9 heteroatoms. The minimum absolute atomic E-state index is 0.0234. The minimum atomic E-state index is -0.590. The van der Waals surface area contributed by atoms with Gasteiger partial charge in [-0.15, -0.1) is 0 Å². The van der Waals surface area contributed by atoms with Crippen molar-refractivity contribution in [1.29, 1.82) is 0 Å². The first-order valence-corrected chi connectivity index (χ1v) is 16.2. The molecule has 0 N–H and O–H groups in total. The van der Waals surface area contributed by atoms with Crippen molar-refractivity contribution in [2.75, 3.05) is 20.3 Å². The standard InChI is InChI=1S/C36H46N2O7/c1-6-31(39)29-21-27(42-5)22-30-28(29)14-16-34(40)37(30)17-7-8-24-9-12-26(13-10-24)38(35(41)45-36(2,3)4)23-25-11-15-32-33(20-25)44-19-18-43-32/h11,14-16,20-22,24,26H,6-10,12-13,17-19,23H2,1-5H3. The number of carbonyl (C=O) groups is 2. The predicted octanol–water partition coefficient (Wildman–Crippen LogP) is 7.15. The molecule has 0 spiro atoms. The van der Waals surface area contributed by atoms with Crippen molar-refractivity contribution in [2.24, 2.45) is 5.92 Å². The summed E-state index contributed by atoms with van der Waals surface area (Å²) < 4.78 is 24.5. The van der Waals surface area contributed by atoms with E-state index < -0.39 is 5.60 Å². The summed E-state index contributed by atoms with van der Waals surface area (Å²) in [4.78, 5) is 40.9. The molecule has 1 fully saturated rings. The molecule has 0 atom stereocenters. The fourth-order valence-electron chi connectivity index (χ4n) is 6.47. The zero-order valence-electron chi connectivity index (χ0n) is 27.2. The molecule has 2 aliphatic rings. The highest BCUT2D eigenvalue weighted by Gasteiger charge is 2.32. The number of pyridine rings is 1. The number of nitrogens with zero attached hydrogens (tertiary/aromatic N) is 2. The lowest BCUT2D eigenvalue weighted by Crippen LogP contribution is -2.44. The van der Waals surface area contributed by atoms with Gasteiger partial charge in [0.15, 0.2) is 17.3 Å². The molecular weight excluding hydrogens is 572 g/mol. The molecule has 1 aliphatic heterocycles. The summed E-state index contributed by atoms with van der Waals surface area (Å²) in [6.45, 7) is 9.57. The first-order valence-electron chi connectivity index (χ1n) is 16.2. The number of benzene rings is 2. The zero-order valence-corrected chi connectivity index (χ0v) is 27.2. The second-order valence-electron chi connectivity index (χ2n) is 13.1. The van der Waals surface area contributed by atoms with Crippen molar-refractivity contribution >= 4 is 22.8 Å². The third-order valence-electron chi connectivity index (χ3n) is 8.78.